The van der Waals surface area contributed by atoms with E-state index in [0.29, 0.717) is 10.7 Å². The molecule has 2 heterocycles. The summed E-state index contributed by atoms with van der Waals surface area (Å²) in [6, 6.07) is 7.56. The van der Waals surface area contributed by atoms with Gasteiger partial charge in [0.2, 0.25) is 0 Å². The van der Waals surface area contributed by atoms with E-state index in [0.717, 1.165) is 27.6 Å². The molecule has 0 saturated carbocycles. The molecule has 0 saturated heterocycles. The number of aromatic nitrogens is 2. The molecule has 0 fully saturated rings. The number of rotatable bonds is 2. The van der Waals surface area contributed by atoms with Gasteiger partial charge in [0.15, 0.2) is 11.4 Å². The van der Waals surface area contributed by atoms with Gasteiger partial charge in [-0.25, -0.2) is 4.98 Å². The fourth-order valence-corrected chi connectivity index (χ4v) is 2.65. The van der Waals surface area contributed by atoms with E-state index < -0.39 is 0 Å². The van der Waals surface area contributed by atoms with Gasteiger partial charge in [0, 0.05) is 23.5 Å². The van der Waals surface area contributed by atoms with Crippen LogP contribution < -0.4 is 5.73 Å². The zero-order chi connectivity index (χ0) is 12.5. The summed E-state index contributed by atoms with van der Waals surface area (Å²) in [7, 11) is 0. The summed E-state index contributed by atoms with van der Waals surface area (Å²) in [5.74, 6) is 0. The summed E-state index contributed by atoms with van der Waals surface area (Å²) in [5.41, 5.74) is 8.92. The van der Waals surface area contributed by atoms with Crippen LogP contribution in [0.5, 0.6) is 0 Å². The SMILES string of the molecule is Nc1nc2cc(-c3cccnc3)cc(C=O)c2s1. The first-order chi connectivity index (χ1) is 8.78. The normalized spacial score (nSPS) is 10.7. The van der Waals surface area contributed by atoms with Crippen molar-refractivity contribution >= 4 is 33.0 Å². The van der Waals surface area contributed by atoms with Gasteiger partial charge in [0.1, 0.15) is 0 Å². The first-order valence-corrected chi connectivity index (χ1v) is 6.15. The third-order valence-electron chi connectivity index (χ3n) is 2.66. The second-order valence-electron chi connectivity index (χ2n) is 3.83. The second-order valence-corrected chi connectivity index (χ2v) is 4.86. The van der Waals surface area contributed by atoms with Crippen LogP contribution in [0.25, 0.3) is 21.3 Å². The number of thiazole rings is 1. The van der Waals surface area contributed by atoms with Crippen LogP contribution in [0, 0.1) is 0 Å². The van der Waals surface area contributed by atoms with E-state index in [1.165, 1.54) is 11.3 Å². The number of nitrogens with zero attached hydrogens (tertiary/aromatic N) is 2. The summed E-state index contributed by atoms with van der Waals surface area (Å²) < 4.78 is 0.829. The molecule has 18 heavy (non-hydrogen) atoms. The third-order valence-corrected chi connectivity index (χ3v) is 3.61. The maximum atomic E-state index is 11.1. The Bertz CT molecular complexity index is 722. The van der Waals surface area contributed by atoms with Gasteiger partial charge in [-0.3, -0.25) is 9.78 Å². The number of benzene rings is 1. The van der Waals surface area contributed by atoms with Gasteiger partial charge in [0.05, 0.1) is 10.2 Å². The molecular formula is C13H9N3OS. The van der Waals surface area contributed by atoms with Gasteiger partial charge in [-0.2, -0.15) is 0 Å². The molecule has 0 aliphatic rings. The topological polar surface area (TPSA) is 68.9 Å². The highest BCUT2D eigenvalue weighted by Gasteiger charge is 2.09. The van der Waals surface area contributed by atoms with Crippen LogP contribution in [0.1, 0.15) is 10.4 Å². The fourth-order valence-electron chi connectivity index (χ4n) is 1.86. The van der Waals surface area contributed by atoms with Crippen molar-refractivity contribution in [1.29, 1.82) is 0 Å². The standard InChI is InChI=1S/C13H9N3OS/c14-13-16-11-5-9(8-2-1-3-15-6-8)4-10(7-17)12(11)18-13/h1-7H,(H2,14,16). The molecule has 2 aromatic heterocycles. The number of carbonyl (C=O) groups is 1. The van der Waals surface area contributed by atoms with Crippen molar-refractivity contribution in [3.8, 4) is 11.1 Å². The number of nitrogen functional groups attached to an aromatic ring is 1. The van der Waals surface area contributed by atoms with Gasteiger partial charge in [-0.1, -0.05) is 17.4 Å². The maximum absolute atomic E-state index is 11.1. The van der Waals surface area contributed by atoms with Gasteiger partial charge in [-0.05, 0) is 23.8 Å². The summed E-state index contributed by atoms with van der Waals surface area (Å²) in [6.07, 6.45) is 4.30. The van der Waals surface area contributed by atoms with Crippen molar-refractivity contribution in [2.75, 3.05) is 5.73 Å². The minimum Gasteiger partial charge on any atom is -0.375 e. The summed E-state index contributed by atoms with van der Waals surface area (Å²) in [6.45, 7) is 0. The van der Waals surface area contributed by atoms with Crippen molar-refractivity contribution in [2.24, 2.45) is 0 Å². The Balaban J connectivity index is 2.28. The smallest absolute Gasteiger partial charge is 0.181 e. The third kappa shape index (κ3) is 1.74. The zero-order valence-electron chi connectivity index (χ0n) is 9.33. The monoisotopic (exact) mass is 255 g/mol. The van der Waals surface area contributed by atoms with E-state index in [9.17, 15) is 4.79 Å². The van der Waals surface area contributed by atoms with E-state index in [2.05, 4.69) is 9.97 Å². The van der Waals surface area contributed by atoms with Crippen LogP contribution in [-0.4, -0.2) is 16.3 Å². The maximum Gasteiger partial charge on any atom is 0.181 e. The summed E-state index contributed by atoms with van der Waals surface area (Å²) >= 11 is 1.33. The number of hydrogen-bond donors (Lipinski definition) is 1. The Hall–Kier alpha value is -2.27. The van der Waals surface area contributed by atoms with E-state index in [1.807, 2.05) is 24.3 Å². The van der Waals surface area contributed by atoms with E-state index >= 15 is 0 Å². The van der Waals surface area contributed by atoms with Crippen LogP contribution >= 0.6 is 11.3 Å². The largest absolute Gasteiger partial charge is 0.375 e. The van der Waals surface area contributed by atoms with Crippen molar-refractivity contribution < 1.29 is 4.79 Å². The number of carbonyl (C=O) groups excluding carboxylic acids is 1. The average molecular weight is 255 g/mol. The Morgan fingerprint density at radius 1 is 1.28 bits per heavy atom. The van der Waals surface area contributed by atoms with Crippen LogP contribution in [0.15, 0.2) is 36.7 Å². The molecule has 0 aliphatic heterocycles. The molecule has 0 amide bonds. The Morgan fingerprint density at radius 2 is 2.17 bits per heavy atom. The van der Waals surface area contributed by atoms with Crippen LogP contribution in [0.4, 0.5) is 5.13 Å². The van der Waals surface area contributed by atoms with Gasteiger partial charge < -0.3 is 5.73 Å². The van der Waals surface area contributed by atoms with Crippen molar-refractivity contribution in [3.63, 3.8) is 0 Å². The quantitative estimate of drug-likeness (QED) is 0.715. The average Bonchev–Trinajstić information content (AvgIpc) is 2.78. The Morgan fingerprint density at radius 3 is 2.89 bits per heavy atom. The first kappa shape index (κ1) is 10.9. The minimum absolute atomic E-state index is 0.469. The highest BCUT2D eigenvalue weighted by molar-refractivity contribution is 7.22. The summed E-state index contributed by atoms with van der Waals surface area (Å²) in [5, 5.41) is 0.469. The molecule has 4 nitrogen and oxygen atoms in total. The molecule has 1 aromatic carbocycles. The summed E-state index contributed by atoms with van der Waals surface area (Å²) in [4.78, 5) is 19.4. The van der Waals surface area contributed by atoms with Crippen LogP contribution in [-0.2, 0) is 0 Å². The second kappa shape index (κ2) is 4.19. The number of pyridine rings is 1. The predicted octanol–water partition coefficient (Wildman–Crippen LogP) is 2.75. The Kier molecular flexibility index (Phi) is 2.53. The molecule has 0 unspecified atom stereocenters. The lowest BCUT2D eigenvalue weighted by Crippen LogP contribution is -1.85. The highest BCUT2D eigenvalue weighted by Crippen LogP contribution is 2.31. The van der Waals surface area contributed by atoms with Gasteiger partial charge >= 0.3 is 0 Å². The lowest BCUT2D eigenvalue weighted by Gasteiger charge is -2.02. The number of hydrogen-bond acceptors (Lipinski definition) is 5. The van der Waals surface area contributed by atoms with Crippen molar-refractivity contribution in [2.45, 2.75) is 0 Å². The number of aldehydes is 1. The molecule has 3 rings (SSSR count). The van der Waals surface area contributed by atoms with E-state index in [-0.39, 0.29) is 0 Å². The molecule has 88 valence electrons. The van der Waals surface area contributed by atoms with Gasteiger partial charge in [0.25, 0.3) is 0 Å². The molecule has 5 heteroatoms. The molecule has 0 bridgehead atoms. The highest BCUT2D eigenvalue weighted by atomic mass is 32.1. The van der Waals surface area contributed by atoms with Crippen molar-refractivity contribution in [1.82, 2.24) is 9.97 Å². The van der Waals surface area contributed by atoms with E-state index in [1.54, 1.807) is 12.4 Å². The molecule has 0 atom stereocenters. The number of fused-ring (bicyclic) bond motifs is 1. The zero-order valence-corrected chi connectivity index (χ0v) is 10.1. The number of nitrogens with two attached hydrogens (primary N) is 1. The van der Waals surface area contributed by atoms with Gasteiger partial charge in [-0.15, -0.1) is 0 Å². The lowest BCUT2D eigenvalue weighted by molar-refractivity contribution is 0.112. The predicted molar refractivity (Wildman–Crippen MR) is 72.7 cm³/mol. The first-order valence-electron chi connectivity index (χ1n) is 5.33. The molecule has 0 spiro atoms. The molecule has 3 aromatic rings. The van der Waals surface area contributed by atoms with Crippen LogP contribution in [0.2, 0.25) is 0 Å². The lowest BCUT2D eigenvalue weighted by atomic mass is 10.0. The fraction of sp³-hybridized carbons (Fsp3) is 0. The molecular weight excluding hydrogens is 246 g/mol. The molecule has 2 N–H and O–H groups in total. The molecule has 0 aliphatic carbocycles. The Labute approximate surface area is 107 Å². The van der Waals surface area contributed by atoms with Crippen molar-refractivity contribution in [3.05, 3.63) is 42.2 Å². The minimum atomic E-state index is 0.469. The number of anilines is 1. The molecule has 0 radical (unpaired) electrons. The van der Waals surface area contributed by atoms with E-state index in [4.69, 9.17) is 5.73 Å². The van der Waals surface area contributed by atoms with Crippen LogP contribution in [0.3, 0.4) is 0 Å².